The van der Waals surface area contributed by atoms with Crippen LogP contribution in [0.1, 0.15) is 32.6 Å². The number of benzene rings is 1. The Morgan fingerprint density at radius 3 is 2.74 bits per heavy atom. The molecular formula is C15H18BrNO2. The lowest BCUT2D eigenvalue weighted by Gasteiger charge is -2.11. The van der Waals surface area contributed by atoms with Gasteiger partial charge in [0.2, 0.25) is 0 Å². The molecule has 0 spiro atoms. The topological polar surface area (TPSA) is 42.2 Å². The van der Waals surface area contributed by atoms with Crippen LogP contribution in [-0.2, 0) is 6.54 Å². The van der Waals surface area contributed by atoms with Crippen molar-refractivity contribution in [1.82, 2.24) is 4.57 Å². The molecule has 102 valence electrons. The highest BCUT2D eigenvalue weighted by atomic mass is 79.9. The van der Waals surface area contributed by atoms with Gasteiger partial charge in [0.15, 0.2) is 0 Å². The van der Waals surface area contributed by atoms with Crippen LogP contribution in [0.2, 0.25) is 0 Å². The van der Waals surface area contributed by atoms with Crippen molar-refractivity contribution in [2.24, 2.45) is 0 Å². The van der Waals surface area contributed by atoms with E-state index in [0.29, 0.717) is 11.9 Å². The molecule has 1 aromatic heterocycles. The summed E-state index contributed by atoms with van der Waals surface area (Å²) in [6.45, 7) is 2.87. The van der Waals surface area contributed by atoms with E-state index >= 15 is 0 Å². The molecule has 0 unspecified atom stereocenters. The molecule has 0 amide bonds. The van der Waals surface area contributed by atoms with E-state index in [4.69, 9.17) is 0 Å². The van der Waals surface area contributed by atoms with Crippen molar-refractivity contribution in [2.75, 3.05) is 0 Å². The molecule has 2 rings (SSSR count). The minimum Gasteiger partial charge on any atom is -0.507 e. The van der Waals surface area contributed by atoms with Crippen molar-refractivity contribution in [3.63, 3.8) is 0 Å². The quantitative estimate of drug-likeness (QED) is 0.843. The van der Waals surface area contributed by atoms with Gasteiger partial charge in [-0.15, -0.1) is 0 Å². The Hall–Kier alpha value is -1.29. The van der Waals surface area contributed by atoms with Gasteiger partial charge in [0, 0.05) is 22.5 Å². The Balaban J connectivity index is 2.39. The molecule has 0 atom stereocenters. The average Bonchev–Trinajstić information content (AvgIpc) is 2.38. The lowest BCUT2D eigenvalue weighted by molar-refractivity contribution is 0.477. The number of nitrogens with zero attached hydrogens (tertiary/aromatic N) is 1. The van der Waals surface area contributed by atoms with E-state index < -0.39 is 0 Å². The molecule has 19 heavy (non-hydrogen) atoms. The largest absolute Gasteiger partial charge is 0.507 e. The van der Waals surface area contributed by atoms with E-state index in [0.717, 1.165) is 22.8 Å². The third kappa shape index (κ3) is 3.18. The minimum atomic E-state index is -0.135. The number of aromatic nitrogens is 1. The molecule has 0 saturated heterocycles. The van der Waals surface area contributed by atoms with Crippen molar-refractivity contribution in [3.8, 4) is 5.75 Å². The summed E-state index contributed by atoms with van der Waals surface area (Å²) in [5, 5.41) is 10.6. The van der Waals surface area contributed by atoms with Crippen LogP contribution in [-0.4, -0.2) is 9.67 Å². The van der Waals surface area contributed by atoms with Crippen molar-refractivity contribution < 1.29 is 5.11 Å². The van der Waals surface area contributed by atoms with Crippen molar-refractivity contribution >= 4 is 26.8 Å². The minimum absolute atomic E-state index is 0.0473. The number of fused-ring (bicyclic) bond motifs is 1. The van der Waals surface area contributed by atoms with Crippen molar-refractivity contribution in [1.29, 1.82) is 0 Å². The van der Waals surface area contributed by atoms with E-state index in [2.05, 4.69) is 22.9 Å². The highest BCUT2D eigenvalue weighted by molar-refractivity contribution is 9.10. The maximum absolute atomic E-state index is 12.0. The first-order chi connectivity index (χ1) is 9.13. The number of aromatic hydroxyl groups is 1. The fourth-order valence-electron chi connectivity index (χ4n) is 2.27. The van der Waals surface area contributed by atoms with Gasteiger partial charge < -0.3 is 9.67 Å². The molecule has 0 radical (unpaired) electrons. The predicted molar refractivity (Wildman–Crippen MR) is 81.7 cm³/mol. The van der Waals surface area contributed by atoms with Gasteiger partial charge in [0.1, 0.15) is 5.75 Å². The molecule has 1 N–H and O–H groups in total. The fraction of sp³-hybridized carbons (Fsp3) is 0.400. The standard InChI is InChI=1S/C15H18BrNO2/c1-2-3-4-5-8-17-13-7-6-11(16)9-12(13)14(18)10-15(17)19/h6-7,9-10,18H,2-5,8H2,1H3. The summed E-state index contributed by atoms with van der Waals surface area (Å²) < 4.78 is 2.64. The number of hydrogen-bond donors (Lipinski definition) is 1. The highest BCUT2D eigenvalue weighted by Crippen LogP contribution is 2.26. The zero-order valence-corrected chi connectivity index (χ0v) is 12.6. The summed E-state index contributed by atoms with van der Waals surface area (Å²) in [5.41, 5.74) is 0.661. The maximum Gasteiger partial charge on any atom is 0.254 e. The average molecular weight is 324 g/mol. The van der Waals surface area contributed by atoms with E-state index in [1.165, 1.54) is 18.9 Å². The summed E-state index contributed by atoms with van der Waals surface area (Å²) in [6, 6.07) is 6.91. The second kappa shape index (κ2) is 6.24. The van der Waals surface area contributed by atoms with Crippen molar-refractivity contribution in [2.45, 2.75) is 39.2 Å². The Morgan fingerprint density at radius 2 is 2.00 bits per heavy atom. The first-order valence-electron chi connectivity index (χ1n) is 6.65. The van der Waals surface area contributed by atoms with Crippen LogP contribution in [0.5, 0.6) is 5.75 Å². The van der Waals surface area contributed by atoms with E-state index in [1.807, 2.05) is 18.2 Å². The van der Waals surface area contributed by atoms with Gasteiger partial charge in [0.05, 0.1) is 5.52 Å². The van der Waals surface area contributed by atoms with Gasteiger partial charge in [-0.05, 0) is 24.6 Å². The van der Waals surface area contributed by atoms with Crippen LogP contribution in [0.3, 0.4) is 0 Å². The molecule has 0 aliphatic heterocycles. The maximum atomic E-state index is 12.0. The van der Waals surface area contributed by atoms with Gasteiger partial charge in [0.25, 0.3) is 5.56 Å². The lowest BCUT2D eigenvalue weighted by Crippen LogP contribution is -2.19. The van der Waals surface area contributed by atoms with Gasteiger partial charge in [-0.3, -0.25) is 4.79 Å². The predicted octanol–water partition coefficient (Wildman–Crippen LogP) is 4.05. The van der Waals surface area contributed by atoms with E-state index in [9.17, 15) is 9.90 Å². The van der Waals surface area contributed by atoms with Gasteiger partial charge in [-0.25, -0.2) is 0 Å². The number of unbranched alkanes of at least 4 members (excludes halogenated alkanes) is 3. The Labute approximate surface area is 121 Å². The van der Waals surface area contributed by atoms with E-state index in [-0.39, 0.29) is 11.3 Å². The molecular weight excluding hydrogens is 306 g/mol. The van der Waals surface area contributed by atoms with Crippen LogP contribution >= 0.6 is 15.9 Å². The van der Waals surface area contributed by atoms with E-state index in [1.54, 1.807) is 4.57 Å². The Bertz CT molecular complexity index is 634. The zero-order chi connectivity index (χ0) is 13.8. The summed E-state index contributed by atoms with van der Waals surface area (Å²) in [5.74, 6) is 0.0473. The Kier molecular flexibility index (Phi) is 4.64. The second-order valence-corrected chi connectivity index (χ2v) is 5.66. The summed E-state index contributed by atoms with van der Waals surface area (Å²) >= 11 is 3.38. The van der Waals surface area contributed by atoms with Crippen LogP contribution in [0.15, 0.2) is 33.5 Å². The summed E-state index contributed by atoms with van der Waals surface area (Å²) in [6.07, 6.45) is 4.49. The van der Waals surface area contributed by atoms with Crippen LogP contribution in [0.4, 0.5) is 0 Å². The summed E-state index contributed by atoms with van der Waals surface area (Å²) in [4.78, 5) is 12.0. The van der Waals surface area contributed by atoms with Crippen LogP contribution in [0, 0.1) is 0 Å². The number of hydrogen-bond acceptors (Lipinski definition) is 2. The third-order valence-electron chi connectivity index (χ3n) is 3.29. The molecule has 0 aliphatic carbocycles. The molecule has 2 aromatic rings. The number of rotatable bonds is 5. The zero-order valence-electron chi connectivity index (χ0n) is 11.0. The van der Waals surface area contributed by atoms with Crippen LogP contribution in [0.25, 0.3) is 10.9 Å². The SMILES string of the molecule is CCCCCCn1c(=O)cc(O)c2cc(Br)ccc21. The number of aryl methyl sites for hydroxylation is 1. The molecule has 1 heterocycles. The first-order valence-corrected chi connectivity index (χ1v) is 7.45. The van der Waals surface area contributed by atoms with Crippen molar-refractivity contribution in [3.05, 3.63) is 39.1 Å². The monoisotopic (exact) mass is 323 g/mol. The number of halogens is 1. The molecule has 4 heteroatoms. The molecule has 3 nitrogen and oxygen atoms in total. The van der Waals surface area contributed by atoms with Gasteiger partial charge >= 0.3 is 0 Å². The Morgan fingerprint density at radius 1 is 1.21 bits per heavy atom. The molecule has 1 aromatic carbocycles. The lowest BCUT2D eigenvalue weighted by atomic mass is 10.1. The van der Waals surface area contributed by atoms with Gasteiger partial charge in [-0.1, -0.05) is 42.1 Å². The smallest absolute Gasteiger partial charge is 0.254 e. The molecule has 0 fully saturated rings. The number of pyridine rings is 1. The van der Waals surface area contributed by atoms with Gasteiger partial charge in [-0.2, -0.15) is 0 Å². The molecule has 0 bridgehead atoms. The second-order valence-electron chi connectivity index (χ2n) is 4.74. The molecule has 0 aliphatic rings. The fourth-order valence-corrected chi connectivity index (χ4v) is 2.63. The highest BCUT2D eigenvalue weighted by Gasteiger charge is 2.08. The first kappa shape index (κ1) is 14.1. The molecule has 0 saturated carbocycles. The van der Waals surface area contributed by atoms with Crippen LogP contribution < -0.4 is 5.56 Å². The normalized spacial score (nSPS) is 11.1. The summed E-state index contributed by atoms with van der Waals surface area (Å²) in [7, 11) is 0. The third-order valence-corrected chi connectivity index (χ3v) is 3.78.